The van der Waals surface area contributed by atoms with Gasteiger partial charge < -0.3 is 15.3 Å². The molecule has 1 aromatic carbocycles. The highest BCUT2D eigenvalue weighted by molar-refractivity contribution is 5.72. The smallest absolute Gasteiger partial charge is 0.332 e. The molecule has 0 aliphatic rings. The lowest BCUT2D eigenvalue weighted by Crippen LogP contribution is -2.22. The van der Waals surface area contributed by atoms with E-state index < -0.39 is 17.9 Å². The molecule has 76 valence electrons. The fourth-order valence-corrected chi connectivity index (χ4v) is 1.01. The molecule has 0 heterocycles. The number of aliphatic carboxylic acids is 1. The number of aromatic hydroxyl groups is 1. The Hall–Kier alpha value is -1.62. The van der Waals surface area contributed by atoms with Crippen molar-refractivity contribution in [1.82, 2.24) is 0 Å². The second-order valence-corrected chi connectivity index (χ2v) is 2.83. The summed E-state index contributed by atoms with van der Waals surface area (Å²) in [5.74, 6) is -2.24. The molecule has 0 saturated carbocycles. The number of aliphatic hydroxyl groups excluding tert-OH is 1. The minimum atomic E-state index is -1.66. The lowest BCUT2D eigenvalue weighted by Gasteiger charge is -2.06. The van der Waals surface area contributed by atoms with E-state index in [2.05, 4.69) is 0 Å². The van der Waals surface area contributed by atoms with Gasteiger partial charge in [0, 0.05) is 6.42 Å². The molecular weight excluding hydrogens is 191 g/mol. The van der Waals surface area contributed by atoms with E-state index in [1.807, 2.05) is 0 Å². The topological polar surface area (TPSA) is 77.8 Å². The molecule has 4 nitrogen and oxygen atoms in total. The number of aliphatic hydroxyl groups is 1. The van der Waals surface area contributed by atoms with Crippen LogP contribution in [-0.4, -0.2) is 27.4 Å². The van der Waals surface area contributed by atoms with Gasteiger partial charge in [0.15, 0.2) is 6.10 Å². The maximum Gasteiger partial charge on any atom is 0.332 e. The van der Waals surface area contributed by atoms with Crippen LogP contribution >= 0.6 is 0 Å². The van der Waals surface area contributed by atoms with Crippen molar-refractivity contribution in [3.8, 4) is 5.75 Å². The van der Waals surface area contributed by atoms with Crippen LogP contribution < -0.4 is 0 Å². The van der Waals surface area contributed by atoms with Gasteiger partial charge in [-0.2, -0.15) is 0 Å². The van der Waals surface area contributed by atoms with Gasteiger partial charge in [0.25, 0.3) is 0 Å². The molecule has 3 N–H and O–H groups in total. The third-order valence-corrected chi connectivity index (χ3v) is 1.73. The zero-order chi connectivity index (χ0) is 10.7. The molecule has 1 rings (SSSR count). The lowest BCUT2D eigenvalue weighted by molar-refractivity contribution is -0.146. The number of benzene rings is 1. The van der Waals surface area contributed by atoms with Crippen LogP contribution in [0.25, 0.3) is 0 Å². The minimum Gasteiger partial charge on any atom is -0.508 e. The highest BCUT2D eigenvalue weighted by Gasteiger charge is 2.16. The third-order valence-electron chi connectivity index (χ3n) is 1.73. The Morgan fingerprint density at radius 3 is 2.71 bits per heavy atom. The predicted molar refractivity (Wildman–Crippen MR) is 45.4 cm³/mol. The molecule has 1 atom stereocenters. The fraction of sp³-hybridized carbons (Fsp3) is 0.222. The molecule has 0 aliphatic carbocycles. The lowest BCUT2D eigenvalue weighted by atomic mass is 10.1. The zero-order valence-electron chi connectivity index (χ0n) is 7.14. The standard InChI is InChI=1S/C9H9FO4/c10-7-2-1-6(11)3-5(7)4-8(12)9(13)14/h1-3,8,11-12H,4H2,(H,13,14). The van der Waals surface area contributed by atoms with Crippen molar-refractivity contribution in [3.63, 3.8) is 0 Å². The van der Waals surface area contributed by atoms with E-state index in [4.69, 9.17) is 15.3 Å². The maximum atomic E-state index is 13.0. The molecule has 1 aromatic rings. The van der Waals surface area contributed by atoms with Crippen LogP contribution in [0.15, 0.2) is 18.2 Å². The normalized spacial score (nSPS) is 12.4. The molecule has 0 aliphatic heterocycles. The summed E-state index contributed by atoms with van der Waals surface area (Å²) in [5.41, 5.74) is -0.0279. The number of phenols is 1. The molecule has 1 unspecified atom stereocenters. The largest absolute Gasteiger partial charge is 0.508 e. The van der Waals surface area contributed by atoms with Gasteiger partial charge in [0.05, 0.1) is 0 Å². The van der Waals surface area contributed by atoms with Gasteiger partial charge in [-0.15, -0.1) is 0 Å². The number of phenolic OH excluding ortho intramolecular Hbond substituents is 1. The van der Waals surface area contributed by atoms with E-state index in [1.165, 1.54) is 0 Å². The summed E-state index contributed by atoms with van der Waals surface area (Å²) in [6.07, 6.45) is -2.03. The maximum absolute atomic E-state index is 13.0. The van der Waals surface area contributed by atoms with Crippen molar-refractivity contribution in [2.45, 2.75) is 12.5 Å². The fourth-order valence-electron chi connectivity index (χ4n) is 1.01. The van der Waals surface area contributed by atoms with Gasteiger partial charge >= 0.3 is 5.97 Å². The van der Waals surface area contributed by atoms with E-state index in [9.17, 15) is 9.18 Å². The van der Waals surface area contributed by atoms with Crippen LogP contribution in [0.4, 0.5) is 4.39 Å². The molecule has 0 bridgehead atoms. The van der Waals surface area contributed by atoms with E-state index in [-0.39, 0.29) is 17.7 Å². The van der Waals surface area contributed by atoms with E-state index in [0.29, 0.717) is 0 Å². The van der Waals surface area contributed by atoms with E-state index in [1.54, 1.807) is 0 Å². The second-order valence-electron chi connectivity index (χ2n) is 2.83. The first-order valence-electron chi connectivity index (χ1n) is 3.89. The first-order chi connectivity index (χ1) is 6.50. The number of carboxylic acids is 1. The van der Waals surface area contributed by atoms with Crippen molar-refractivity contribution in [2.75, 3.05) is 0 Å². The summed E-state index contributed by atoms with van der Waals surface area (Å²) in [4.78, 5) is 10.3. The number of hydrogen-bond acceptors (Lipinski definition) is 3. The average Bonchev–Trinajstić information content (AvgIpc) is 2.11. The SMILES string of the molecule is O=C(O)C(O)Cc1cc(O)ccc1F. The monoisotopic (exact) mass is 200 g/mol. The zero-order valence-corrected chi connectivity index (χ0v) is 7.14. The van der Waals surface area contributed by atoms with Gasteiger partial charge in [0.1, 0.15) is 11.6 Å². The Balaban J connectivity index is 2.85. The van der Waals surface area contributed by atoms with Gasteiger partial charge in [0.2, 0.25) is 0 Å². The van der Waals surface area contributed by atoms with Crippen molar-refractivity contribution >= 4 is 5.97 Å². The molecule has 14 heavy (non-hydrogen) atoms. The van der Waals surface area contributed by atoms with Crippen LogP contribution in [0, 0.1) is 5.82 Å². The number of carbonyl (C=O) groups is 1. The molecule has 0 aromatic heterocycles. The number of carboxylic acid groups (broad SMARTS) is 1. The summed E-state index contributed by atoms with van der Waals surface area (Å²) in [6, 6.07) is 3.24. The van der Waals surface area contributed by atoms with Gasteiger partial charge in [-0.05, 0) is 23.8 Å². The van der Waals surface area contributed by atoms with E-state index in [0.717, 1.165) is 18.2 Å². The molecule has 0 fully saturated rings. The second kappa shape index (κ2) is 4.06. The Morgan fingerprint density at radius 1 is 1.50 bits per heavy atom. The third kappa shape index (κ3) is 2.43. The molecular formula is C9H9FO4. The van der Waals surface area contributed by atoms with Crippen molar-refractivity contribution < 1.29 is 24.5 Å². The van der Waals surface area contributed by atoms with Crippen molar-refractivity contribution in [3.05, 3.63) is 29.6 Å². The highest BCUT2D eigenvalue weighted by atomic mass is 19.1. The van der Waals surface area contributed by atoms with Crippen LogP contribution in [0.5, 0.6) is 5.75 Å². The van der Waals surface area contributed by atoms with Crippen molar-refractivity contribution in [1.29, 1.82) is 0 Å². The Kier molecular flexibility index (Phi) is 3.03. The summed E-state index contributed by atoms with van der Waals surface area (Å²) in [5, 5.41) is 26.3. The molecule has 0 amide bonds. The Labute approximate surface area is 79.2 Å². The molecule has 0 saturated heterocycles. The summed E-state index contributed by atoms with van der Waals surface area (Å²) < 4.78 is 13.0. The Bertz CT molecular complexity index is 351. The molecule has 0 spiro atoms. The first kappa shape index (κ1) is 10.5. The molecule has 5 heteroatoms. The number of rotatable bonds is 3. The molecule has 0 radical (unpaired) electrons. The van der Waals surface area contributed by atoms with Crippen LogP contribution in [0.1, 0.15) is 5.56 Å². The van der Waals surface area contributed by atoms with Crippen LogP contribution in [0.3, 0.4) is 0 Å². The predicted octanol–water partition coefficient (Wildman–Crippen LogP) is 0.519. The van der Waals surface area contributed by atoms with E-state index >= 15 is 0 Å². The van der Waals surface area contributed by atoms with Gasteiger partial charge in [-0.1, -0.05) is 0 Å². The highest BCUT2D eigenvalue weighted by Crippen LogP contribution is 2.16. The van der Waals surface area contributed by atoms with Gasteiger partial charge in [-0.3, -0.25) is 0 Å². The average molecular weight is 200 g/mol. The Morgan fingerprint density at radius 2 is 2.14 bits per heavy atom. The summed E-state index contributed by atoms with van der Waals surface area (Å²) in [6.45, 7) is 0. The number of hydrogen-bond donors (Lipinski definition) is 3. The van der Waals surface area contributed by atoms with Gasteiger partial charge in [-0.25, -0.2) is 9.18 Å². The quantitative estimate of drug-likeness (QED) is 0.664. The first-order valence-corrected chi connectivity index (χ1v) is 3.89. The van der Waals surface area contributed by atoms with Crippen LogP contribution in [0.2, 0.25) is 0 Å². The number of halogens is 1. The minimum absolute atomic E-state index is 0.0279. The summed E-state index contributed by atoms with van der Waals surface area (Å²) in [7, 11) is 0. The van der Waals surface area contributed by atoms with Crippen LogP contribution in [-0.2, 0) is 11.2 Å². The summed E-state index contributed by atoms with van der Waals surface area (Å²) >= 11 is 0. The van der Waals surface area contributed by atoms with Crippen molar-refractivity contribution in [2.24, 2.45) is 0 Å².